The van der Waals surface area contributed by atoms with Gasteiger partial charge < -0.3 is 15.0 Å². The minimum atomic E-state index is -0.955. The van der Waals surface area contributed by atoms with E-state index in [1.165, 1.54) is 0 Å². The molecule has 1 aliphatic heterocycles. The highest BCUT2D eigenvalue weighted by Crippen LogP contribution is 2.23. The van der Waals surface area contributed by atoms with Crippen LogP contribution in [0.1, 0.15) is 53.3 Å². The number of hydrogen-bond acceptors (Lipinski definition) is 4. The van der Waals surface area contributed by atoms with Crippen LogP contribution in [0.3, 0.4) is 0 Å². The normalized spacial score (nSPS) is 14.6. The molecule has 6 heteroatoms. The van der Waals surface area contributed by atoms with Crippen LogP contribution in [-0.2, 0) is 14.3 Å². The van der Waals surface area contributed by atoms with E-state index in [0.717, 1.165) is 24.8 Å². The Kier molecular flexibility index (Phi) is 7.60. The van der Waals surface area contributed by atoms with Crippen LogP contribution in [0.5, 0.6) is 0 Å². The number of amides is 2. The Bertz CT molecular complexity index is 876. The highest BCUT2D eigenvalue weighted by Gasteiger charge is 2.30. The maximum Gasteiger partial charge on any atom is 0.308 e. The van der Waals surface area contributed by atoms with Crippen LogP contribution < -0.4 is 5.32 Å². The van der Waals surface area contributed by atoms with Crippen molar-refractivity contribution in [3.05, 3.63) is 71.3 Å². The molecule has 2 aromatic carbocycles. The van der Waals surface area contributed by atoms with Crippen LogP contribution >= 0.6 is 0 Å². The quantitative estimate of drug-likeness (QED) is 0.713. The van der Waals surface area contributed by atoms with Gasteiger partial charge in [-0.15, -0.1) is 0 Å². The van der Waals surface area contributed by atoms with E-state index in [1.54, 1.807) is 29.2 Å². The molecule has 3 rings (SSSR count). The molecular weight excluding hydrogens is 380 g/mol. The van der Waals surface area contributed by atoms with Crippen LogP contribution in [0, 0.1) is 6.92 Å². The van der Waals surface area contributed by atoms with Crippen molar-refractivity contribution < 1.29 is 19.1 Å². The third kappa shape index (κ3) is 5.69. The first-order valence-electron chi connectivity index (χ1n) is 10.4. The van der Waals surface area contributed by atoms with Gasteiger partial charge in [-0.2, -0.15) is 0 Å². The number of carbonyl (C=O) groups excluding carboxylic acids is 3. The number of hydrogen-bond donors (Lipinski definition) is 1. The fraction of sp³-hybridized carbons (Fsp3) is 0.375. The number of ether oxygens (including phenoxy) is 1. The lowest BCUT2D eigenvalue weighted by Gasteiger charge is -2.30. The van der Waals surface area contributed by atoms with Gasteiger partial charge in [-0.3, -0.25) is 14.4 Å². The molecule has 0 spiro atoms. The number of esters is 1. The van der Waals surface area contributed by atoms with Crippen LogP contribution in [-0.4, -0.2) is 42.3 Å². The van der Waals surface area contributed by atoms with E-state index in [2.05, 4.69) is 5.32 Å². The zero-order valence-electron chi connectivity index (χ0n) is 17.3. The predicted octanol–water partition coefficient (Wildman–Crippen LogP) is 3.41. The molecular formula is C24H28N2O4. The summed E-state index contributed by atoms with van der Waals surface area (Å²) in [6, 6.07) is 16.4. The standard InChI is InChI=1S/C24H28N2O4/c1-18-10-6-7-13-20(18)23(28)25-15-14-21(27)30-22(19-11-4-2-5-12-19)24(29)26-16-8-3-9-17-26/h2,4-7,10-13,22H,3,8-9,14-17H2,1H3,(H,25,28). The molecule has 1 atom stereocenters. The lowest BCUT2D eigenvalue weighted by molar-refractivity contribution is -0.161. The Hall–Kier alpha value is -3.15. The molecule has 0 bridgehead atoms. The van der Waals surface area contributed by atoms with Gasteiger partial charge in [0.2, 0.25) is 6.10 Å². The van der Waals surface area contributed by atoms with Gasteiger partial charge in [0.1, 0.15) is 0 Å². The number of rotatable bonds is 7. The van der Waals surface area contributed by atoms with Crippen molar-refractivity contribution in [1.29, 1.82) is 0 Å². The number of aryl methyl sites for hydroxylation is 1. The Morgan fingerprint density at radius 1 is 0.967 bits per heavy atom. The SMILES string of the molecule is Cc1ccccc1C(=O)NCCC(=O)OC(C(=O)N1CCCCC1)c1ccccc1. The second-order valence-electron chi connectivity index (χ2n) is 7.49. The van der Waals surface area contributed by atoms with E-state index in [4.69, 9.17) is 4.74 Å². The molecule has 1 N–H and O–H groups in total. The maximum atomic E-state index is 13.0. The van der Waals surface area contributed by atoms with Gasteiger partial charge in [0.05, 0.1) is 6.42 Å². The Labute approximate surface area is 177 Å². The van der Waals surface area contributed by atoms with Gasteiger partial charge in [0.25, 0.3) is 11.8 Å². The molecule has 1 aliphatic rings. The number of carbonyl (C=O) groups is 3. The van der Waals surface area contributed by atoms with Gasteiger partial charge in [-0.05, 0) is 37.8 Å². The van der Waals surface area contributed by atoms with Crippen LogP contribution in [0.25, 0.3) is 0 Å². The van der Waals surface area contributed by atoms with Crippen LogP contribution in [0.15, 0.2) is 54.6 Å². The van der Waals surface area contributed by atoms with E-state index < -0.39 is 12.1 Å². The van der Waals surface area contributed by atoms with Crippen molar-refractivity contribution >= 4 is 17.8 Å². The van der Waals surface area contributed by atoms with E-state index in [1.807, 2.05) is 37.3 Å². The smallest absolute Gasteiger partial charge is 0.308 e. The van der Waals surface area contributed by atoms with E-state index in [0.29, 0.717) is 24.2 Å². The summed E-state index contributed by atoms with van der Waals surface area (Å²) in [6.45, 7) is 3.38. The van der Waals surface area contributed by atoms with Crippen molar-refractivity contribution in [1.82, 2.24) is 10.2 Å². The van der Waals surface area contributed by atoms with Crippen LogP contribution in [0.4, 0.5) is 0 Å². The number of benzene rings is 2. The molecule has 0 radical (unpaired) electrons. The fourth-order valence-electron chi connectivity index (χ4n) is 3.56. The third-order valence-electron chi connectivity index (χ3n) is 5.25. The second-order valence-corrected chi connectivity index (χ2v) is 7.49. The van der Waals surface area contributed by atoms with Gasteiger partial charge >= 0.3 is 5.97 Å². The molecule has 30 heavy (non-hydrogen) atoms. The maximum absolute atomic E-state index is 13.0. The molecule has 0 saturated carbocycles. The highest BCUT2D eigenvalue weighted by molar-refractivity contribution is 5.95. The topological polar surface area (TPSA) is 75.7 Å². The largest absolute Gasteiger partial charge is 0.447 e. The van der Waals surface area contributed by atoms with E-state index in [9.17, 15) is 14.4 Å². The molecule has 1 fully saturated rings. The van der Waals surface area contributed by atoms with Crippen molar-refractivity contribution in [3.63, 3.8) is 0 Å². The molecule has 0 aromatic heterocycles. The van der Waals surface area contributed by atoms with Crippen molar-refractivity contribution in [2.45, 2.75) is 38.7 Å². The van der Waals surface area contributed by atoms with Gasteiger partial charge in [0.15, 0.2) is 0 Å². The number of piperidine rings is 1. The average molecular weight is 408 g/mol. The Morgan fingerprint density at radius 2 is 1.63 bits per heavy atom. The molecule has 6 nitrogen and oxygen atoms in total. The van der Waals surface area contributed by atoms with Crippen molar-refractivity contribution in [2.75, 3.05) is 19.6 Å². The first kappa shape index (κ1) is 21.6. The molecule has 1 saturated heterocycles. The fourth-order valence-corrected chi connectivity index (χ4v) is 3.56. The lowest BCUT2D eigenvalue weighted by Crippen LogP contribution is -2.40. The number of nitrogens with one attached hydrogen (secondary N) is 1. The number of likely N-dealkylation sites (tertiary alicyclic amines) is 1. The Morgan fingerprint density at radius 3 is 2.33 bits per heavy atom. The summed E-state index contributed by atoms with van der Waals surface area (Å²) in [7, 11) is 0. The molecule has 1 heterocycles. The highest BCUT2D eigenvalue weighted by atomic mass is 16.5. The number of nitrogens with zero attached hydrogens (tertiary/aromatic N) is 1. The molecule has 158 valence electrons. The Balaban J connectivity index is 1.58. The minimum Gasteiger partial charge on any atom is -0.447 e. The lowest BCUT2D eigenvalue weighted by atomic mass is 10.1. The summed E-state index contributed by atoms with van der Waals surface area (Å²) in [5.41, 5.74) is 2.10. The van der Waals surface area contributed by atoms with Crippen molar-refractivity contribution in [2.24, 2.45) is 0 Å². The summed E-state index contributed by atoms with van der Waals surface area (Å²) in [6.07, 6.45) is 2.08. The summed E-state index contributed by atoms with van der Waals surface area (Å²) in [4.78, 5) is 39.5. The van der Waals surface area contributed by atoms with Gasteiger partial charge in [0, 0.05) is 30.8 Å². The average Bonchev–Trinajstić information content (AvgIpc) is 2.78. The van der Waals surface area contributed by atoms with Gasteiger partial charge in [-0.25, -0.2) is 0 Å². The third-order valence-corrected chi connectivity index (χ3v) is 5.25. The monoisotopic (exact) mass is 408 g/mol. The summed E-state index contributed by atoms with van der Waals surface area (Å²) in [5.74, 6) is -0.928. The summed E-state index contributed by atoms with van der Waals surface area (Å²) in [5, 5.41) is 2.74. The molecule has 2 amide bonds. The molecule has 0 aliphatic carbocycles. The van der Waals surface area contributed by atoms with E-state index >= 15 is 0 Å². The minimum absolute atomic E-state index is 0.00572. The zero-order valence-corrected chi connectivity index (χ0v) is 17.3. The van der Waals surface area contributed by atoms with Gasteiger partial charge in [-0.1, -0.05) is 48.5 Å². The summed E-state index contributed by atoms with van der Waals surface area (Å²) >= 11 is 0. The molecule has 2 aromatic rings. The molecule has 1 unspecified atom stereocenters. The first-order valence-corrected chi connectivity index (χ1v) is 10.4. The summed E-state index contributed by atoms with van der Waals surface area (Å²) < 4.78 is 5.58. The predicted molar refractivity (Wildman–Crippen MR) is 114 cm³/mol. The second kappa shape index (κ2) is 10.6. The van der Waals surface area contributed by atoms with E-state index in [-0.39, 0.29) is 24.8 Å². The van der Waals surface area contributed by atoms with Crippen molar-refractivity contribution in [3.8, 4) is 0 Å². The first-order chi connectivity index (χ1) is 14.6. The zero-order chi connectivity index (χ0) is 21.3. The van der Waals surface area contributed by atoms with Crippen LogP contribution in [0.2, 0.25) is 0 Å².